The third kappa shape index (κ3) is 2.16. The van der Waals surface area contributed by atoms with E-state index >= 15 is 0 Å². The van der Waals surface area contributed by atoms with E-state index in [1.54, 1.807) is 0 Å². The van der Waals surface area contributed by atoms with Crippen molar-refractivity contribution in [3.63, 3.8) is 0 Å². The highest BCUT2D eigenvalue weighted by molar-refractivity contribution is 9.10. The Morgan fingerprint density at radius 3 is 2.39 bits per heavy atom. The molecule has 0 saturated carbocycles. The molecule has 2 heteroatoms. The fraction of sp³-hybridized carbons (Fsp3) is 0.0625. The van der Waals surface area contributed by atoms with Crippen LogP contribution in [-0.2, 0) is 6.54 Å². The highest BCUT2D eigenvalue weighted by Gasteiger charge is 2.10. The third-order valence-electron chi connectivity index (χ3n) is 3.07. The molecule has 0 aliphatic heterocycles. The van der Waals surface area contributed by atoms with Crippen LogP contribution in [0, 0.1) is 0 Å². The molecule has 18 heavy (non-hydrogen) atoms. The largest absolute Gasteiger partial charge is 0.213 e. The third-order valence-corrected chi connectivity index (χ3v) is 3.76. The average molecular weight is 299 g/mol. The Labute approximate surface area is 115 Å². The van der Waals surface area contributed by atoms with Crippen molar-refractivity contribution in [1.29, 1.82) is 0 Å². The van der Waals surface area contributed by atoms with E-state index in [2.05, 4.69) is 81.3 Å². The number of pyridine rings is 1. The molecule has 0 amide bonds. The second-order valence-corrected chi connectivity index (χ2v) is 5.15. The zero-order chi connectivity index (χ0) is 12.4. The van der Waals surface area contributed by atoms with Crippen LogP contribution in [-0.4, -0.2) is 0 Å². The van der Waals surface area contributed by atoms with Gasteiger partial charge >= 0.3 is 0 Å². The Balaban J connectivity index is 2.10. The molecule has 0 aliphatic rings. The molecule has 0 bridgehead atoms. The van der Waals surface area contributed by atoms with Crippen LogP contribution in [0.4, 0.5) is 0 Å². The summed E-state index contributed by atoms with van der Waals surface area (Å²) in [4.78, 5) is 0. The van der Waals surface area contributed by atoms with Crippen molar-refractivity contribution in [3.8, 4) is 0 Å². The first-order valence-electron chi connectivity index (χ1n) is 5.95. The van der Waals surface area contributed by atoms with Gasteiger partial charge in [0, 0.05) is 22.2 Å². The van der Waals surface area contributed by atoms with E-state index in [9.17, 15) is 0 Å². The van der Waals surface area contributed by atoms with E-state index in [4.69, 9.17) is 0 Å². The lowest BCUT2D eigenvalue weighted by Crippen LogP contribution is -2.34. The quantitative estimate of drug-likeness (QED) is 0.631. The van der Waals surface area contributed by atoms with Gasteiger partial charge in [-0.3, -0.25) is 0 Å². The summed E-state index contributed by atoms with van der Waals surface area (Å²) >= 11 is 3.60. The fourth-order valence-corrected chi connectivity index (χ4v) is 2.62. The molecule has 1 aromatic heterocycles. The molecule has 0 unspecified atom stereocenters. The van der Waals surface area contributed by atoms with Crippen molar-refractivity contribution >= 4 is 26.8 Å². The Morgan fingerprint density at radius 2 is 1.56 bits per heavy atom. The molecule has 3 rings (SSSR count). The summed E-state index contributed by atoms with van der Waals surface area (Å²) in [5, 5.41) is 1.25. The Morgan fingerprint density at radius 1 is 0.833 bits per heavy atom. The summed E-state index contributed by atoms with van der Waals surface area (Å²) in [6, 6.07) is 21.1. The molecule has 2 aromatic carbocycles. The van der Waals surface area contributed by atoms with E-state index in [0.717, 1.165) is 11.0 Å². The highest BCUT2D eigenvalue weighted by Crippen LogP contribution is 2.20. The summed E-state index contributed by atoms with van der Waals surface area (Å²) < 4.78 is 3.41. The number of halogens is 1. The predicted octanol–water partition coefficient (Wildman–Crippen LogP) is 3.94. The number of rotatable bonds is 2. The summed E-state index contributed by atoms with van der Waals surface area (Å²) in [6.07, 6.45) is 2.12. The van der Waals surface area contributed by atoms with Gasteiger partial charge in [-0.15, -0.1) is 0 Å². The summed E-state index contributed by atoms with van der Waals surface area (Å²) in [5.74, 6) is 0. The minimum atomic E-state index is 0.897. The Bertz CT molecular complexity index is 677. The minimum Gasteiger partial charge on any atom is -0.194 e. The minimum absolute atomic E-state index is 0.897. The van der Waals surface area contributed by atoms with Gasteiger partial charge in [-0.25, -0.2) is 0 Å². The zero-order valence-electron chi connectivity index (χ0n) is 9.88. The number of benzene rings is 2. The predicted molar refractivity (Wildman–Crippen MR) is 77.4 cm³/mol. The van der Waals surface area contributed by atoms with Gasteiger partial charge in [0.2, 0.25) is 5.52 Å². The lowest BCUT2D eigenvalue weighted by atomic mass is 10.2. The van der Waals surface area contributed by atoms with Crippen LogP contribution in [0.2, 0.25) is 0 Å². The normalized spacial score (nSPS) is 10.7. The van der Waals surface area contributed by atoms with Gasteiger partial charge in [0.25, 0.3) is 0 Å². The van der Waals surface area contributed by atoms with Gasteiger partial charge < -0.3 is 0 Å². The zero-order valence-corrected chi connectivity index (χ0v) is 11.5. The van der Waals surface area contributed by atoms with Gasteiger partial charge in [0.1, 0.15) is 0 Å². The van der Waals surface area contributed by atoms with Crippen molar-refractivity contribution in [2.75, 3.05) is 0 Å². The number of hydrogen-bond acceptors (Lipinski definition) is 0. The van der Waals surface area contributed by atoms with Gasteiger partial charge in [-0.2, -0.15) is 4.57 Å². The number of nitrogens with zero attached hydrogens (tertiary/aromatic N) is 1. The Kier molecular flexibility index (Phi) is 3.11. The molecule has 0 atom stereocenters. The molecule has 3 aromatic rings. The lowest BCUT2D eigenvalue weighted by Gasteiger charge is -2.03. The molecule has 0 spiro atoms. The highest BCUT2D eigenvalue weighted by atomic mass is 79.9. The molecule has 1 nitrogen and oxygen atoms in total. The molecule has 1 heterocycles. The van der Waals surface area contributed by atoms with Crippen molar-refractivity contribution < 1.29 is 4.57 Å². The monoisotopic (exact) mass is 298 g/mol. The van der Waals surface area contributed by atoms with Gasteiger partial charge in [0.05, 0.1) is 5.39 Å². The van der Waals surface area contributed by atoms with E-state index in [1.807, 2.05) is 6.07 Å². The molecule has 0 saturated heterocycles. The average Bonchev–Trinajstić information content (AvgIpc) is 2.44. The maximum atomic E-state index is 3.60. The van der Waals surface area contributed by atoms with E-state index in [0.29, 0.717) is 0 Å². The maximum absolute atomic E-state index is 3.60. The fourth-order valence-electron chi connectivity index (χ4n) is 2.17. The standard InChI is InChI=1S/C16H13BrN/c17-15-10-11-18(12-13-6-2-1-3-7-13)16-9-5-4-8-14(15)16/h1-11H,12H2/q+1. The van der Waals surface area contributed by atoms with Crippen molar-refractivity contribution in [2.45, 2.75) is 6.54 Å². The summed E-state index contributed by atoms with van der Waals surface area (Å²) in [7, 11) is 0. The second-order valence-electron chi connectivity index (χ2n) is 4.29. The van der Waals surface area contributed by atoms with Gasteiger partial charge in [0.15, 0.2) is 12.7 Å². The smallest absolute Gasteiger partial charge is 0.194 e. The molecular formula is C16H13BrN+. The van der Waals surface area contributed by atoms with E-state index in [1.165, 1.54) is 16.5 Å². The Hall–Kier alpha value is -1.67. The SMILES string of the molecule is Brc1cc[n+](Cc2ccccc2)c2ccccc12. The second kappa shape index (κ2) is 4.91. The van der Waals surface area contributed by atoms with Crippen molar-refractivity contribution in [3.05, 3.63) is 76.9 Å². The molecule has 0 aliphatic carbocycles. The number of hydrogen-bond donors (Lipinski definition) is 0. The van der Waals surface area contributed by atoms with Crippen LogP contribution in [0.3, 0.4) is 0 Å². The lowest BCUT2D eigenvalue weighted by molar-refractivity contribution is -0.662. The number of fused-ring (bicyclic) bond motifs is 1. The van der Waals surface area contributed by atoms with E-state index in [-0.39, 0.29) is 0 Å². The van der Waals surface area contributed by atoms with Gasteiger partial charge in [-0.1, -0.05) is 42.5 Å². The van der Waals surface area contributed by atoms with Crippen LogP contribution in [0.5, 0.6) is 0 Å². The van der Waals surface area contributed by atoms with Gasteiger partial charge in [-0.05, 0) is 22.0 Å². The van der Waals surface area contributed by atoms with Crippen molar-refractivity contribution in [1.82, 2.24) is 0 Å². The van der Waals surface area contributed by atoms with Crippen LogP contribution in [0.25, 0.3) is 10.9 Å². The van der Waals surface area contributed by atoms with Crippen LogP contribution in [0.1, 0.15) is 5.56 Å². The topological polar surface area (TPSA) is 3.88 Å². The first-order valence-corrected chi connectivity index (χ1v) is 6.74. The first-order chi connectivity index (χ1) is 8.84. The summed E-state index contributed by atoms with van der Waals surface area (Å²) in [5.41, 5.74) is 2.56. The molecule has 0 N–H and O–H groups in total. The number of para-hydroxylation sites is 1. The molecule has 0 radical (unpaired) electrons. The molecule has 88 valence electrons. The summed E-state index contributed by atoms with van der Waals surface area (Å²) in [6.45, 7) is 0.897. The molecule has 0 fully saturated rings. The maximum Gasteiger partial charge on any atom is 0.213 e. The van der Waals surface area contributed by atoms with Crippen molar-refractivity contribution in [2.24, 2.45) is 0 Å². The van der Waals surface area contributed by atoms with Crippen LogP contribution >= 0.6 is 15.9 Å². The molecular weight excluding hydrogens is 286 g/mol. The van der Waals surface area contributed by atoms with E-state index < -0.39 is 0 Å². The first kappa shape index (κ1) is 11.4. The van der Waals surface area contributed by atoms with Crippen LogP contribution < -0.4 is 4.57 Å². The van der Waals surface area contributed by atoms with Crippen LogP contribution in [0.15, 0.2) is 71.3 Å². The number of aromatic nitrogens is 1.